The summed E-state index contributed by atoms with van der Waals surface area (Å²) in [6.45, 7) is 10.3. The van der Waals surface area contributed by atoms with Crippen LogP contribution in [0.1, 0.15) is 82.5 Å². The van der Waals surface area contributed by atoms with Gasteiger partial charge in [0.25, 0.3) is 0 Å². The van der Waals surface area contributed by atoms with Gasteiger partial charge in [-0.3, -0.25) is 0 Å². The van der Waals surface area contributed by atoms with E-state index in [-0.39, 0.29) is 0 Å². The lowest BCUT2D eigenvalue weighted by Crippen LogP contribution is -2.43. The first-order chi connectivity index (χ1) is 13.1. The molecule has 1 saturated heterocycles. The molecule has 2 fully saturated rings. The van der Waals surface area contributed by atoms with E-state index >= 15 is 0 Å². The van der Waals surface area contributed by atoms with Crippen LogP contribution in [0.5, 0.6) is 0 Å². The molecule has 1 atom stereocenters. The standard InChI is InChI=1S/C22H39N5/c1-5-13-27-14-11-19(12-15-27)24-17(2)21-16-23-22(25-18(21)3)26(4)20-9-7-6-8-10-20/h16-17,19-20,24H,5-15H2,1-4H3. The zero-order valence-electron chi connectivity index (χ0n) is 17.9. The second-order valence-corrected chi connectivity index (χ2v) is 8.62. The summed E-state index contributed by atoms with van der Waals surface area (Å²) < 4.78 is 0. The average Bonchev–Trinajstić information content (AvgIpc) is 2.69. The number of aromatic nitrogens is 2. The van der Waals surface area contributed by atoms with Gasteiger partial charge in [0.05, 0.1) is 0 Å². The van der Waals surface area contributed by atoms with Gasteiger partial charge in [-0.05, 0) is 65.6 Å². The van der Waals surface area contributed by atoms with Gasteiger partial charge in [0, 0.05) is 42.6 Å². The molecule has 0 aromatic carbocycles. The van der Waals surface area contributed by atoms with E-state index in [1.807, 2.05) is 0 Å². The number of likely N-dealkylation sites (tertiary alicyclic amines) is 1. The zero-order chi connectivity index (χ0) is 19.2. The fraction of sp³-hybridized carbons (Fsp3) is 0.818. The molecule has 2 aliphatic rings. The van der Waals surface area contributed by atoms with Gasteiger partial charge in [-0.1, -0.05) is 26.2 Å². The molecule has 3 rings (SSSR count). The van der Waals surface area contributed by atoms with E-state index in [1.54, 1.807) is 0 Å². The van der Waals surface area contributed by atoms with Crippen LogP contribution in [0.3, 0.4) is 0 Å². The Morgan fingerprint density at radius 3 is 2.52 bits per heavy atom. The minimum Gasteiger partial charge on any atom is -0.341 e. The minimum atomic E-state index is 0.307. The van der Waals surface area contributed by atoms with Crippen LogP contribution in [-0.2, 0) is 0 Å². The van der Waals surface area contributed by atoms with Crippen molar-refractivity contribution in [2.24, 2.45) is 0 Å². The van der Waals surface area contributed by atoms with Gasteiger partial charge in [0.2, 0.25) is 5.95 Å². The highest BCUT2D eigenvalue weighted by Gasteiger charge is 2.23. The number of nitrogens with one attached hydrogen (secondary N) is 1. The van der Waals surface area contributed by atoms with Crippen molar-refractivity contribution in [3.8, 4) is 0 Å². The summed E-state index contributed by atoms with van der Waals surface area (Å²) in [5.41, 5.74) is 2.36. The van der Waals surface area contributed by atoms with E-state index in [4.69, 9.17) is 9.97 Å². The first-order valence-electron chi connectivity index (χ1n) is 11.1. The lowest BCUT2D eigenvalue weighted by Gasteiger charge is -2.34. The quantitative estimate of drug-likeness (QED) is 0.780. The Bertz CT molecular complexity index is 576. The van der Waals surface area contributed by atoms with E-state index in [0.29, 0.717) is 18.1 Å². The summed E-state index contributed by atoms with van der Waals surface area (Å²) in [6.07, 6.45) is 12.4. The van der Waals surface area contributed by atoms with Gasteiger partial charge in [-0.15, -0.1) is 0 Å². The van der Waals surface area contributed by atoms with Gasteiger partial charge >= 0.3 is 0 Å². The highest BCUT2D eigenvalue weighted by Crippen LogP contribution is 2.26. The van der Waals surface area contributed by atoms with Crippen LogP contribution in [0, 0.1) is 6.92 Å². The highest BCUT2D eigenvalue weighted by molar-refractivity contribution is 5.34. The molecule has 0 spiro atoms. The minimum absolute atomic E-state index is 0.307. The van der Waals surface area contributed by atoms with Gasteiger partial charge in [0.1, 0.15) is 0 Å². The van der Waals surface area contributed by atoms with Gasteiger partial charge in [0.15, 0.2) is 0 Å². The van der Waals surface area contributed by atoms with Crippen LogP contribution >= 0.6 is 0 Å². The zero-order valence-corrected chi connectivity index (χ0v) is 17.9. The monoisotopic (exact) mass is 373 g/mol. The molecule has 152 valence electrons. The fourth-order valence-corrected chi connectivity index (χ4v) is 4.77. The molecule has 1 aromatic rings. The van der Waals surface area contributed by atoms with E-state index < -0.39 is 0 Å². The van der Waals surface area contributed by atoms with Crippen LogP contribution in [0.25, 0.3) is 0 Å². The van der Waals surface area contributed by atoms with Gasteiger partial charge in [-0.2, -0.15) is 0 Å². The summed E-state index contributed by atoms with van der Waals surface area (Å²) in [5.74, 6) is 0.892. The number of rotatable bonds is 7. The molecule has 5 nitrogen and oxygen atoms in total. The molecule has 2 heterocycles. The van der Waals surface area contributed by atoms with Crippen molar-refractivity contribution < 1.29 is 0 Å². The largest absolute Gasteiger partial charge is 0.341 e. The maximum Gasteiger partial charge on any atom is 0.225 e. The molecule has 0 radical (unpaired) electrons. The number of hydrogen-bond donors (Lipinski definition) is 1. The third-order valence-corrected chi connectivity index (χ3v) is 6.52. The molecule has 1 aromatic heterocycles. The summed E-state index contributed by atoms with van der Waals surface area (Å²) >= 11 is 0. The van der Waals surface area contributed by atoms with Crippen LogP contribution < -0.4 is 10.2 Å². The third-order valence-electron chi connectivity index (χ3n) is 6.52. The maximum atomic E-state index is 4.87. The summed E-state index contributed by atoms with van der Waals surface area (Å²) in [5, 5.41) is 3.83. The van der Waals surface area contributed by atoms with Crippen molar-refractivity contribution in [2.75, 3.05) is 31.6 Å². The smallest absolute Gasteiger partial charge is 0.225 e. The Labute approximate surface area is 165 Å². The van der Waals surface area contributed by atoms with E-state index in [2.05, 4.69) is 49.1 Å². The molecule has 1 N–H and O–H groups in total. The summed E-state index contributed by atoms with van der Waals surface area (Å²) in [6, 6.07) is 1.52. The van der Waals surface area contributed by atoms with Gasteiger partial charge < -0.3 is 15.1 Å². The SMILES string of the molecule is CCCN1CCC(NC(C)c2cnc(N(C)C3CCCCC3)nc2C)CC1. The Hall–Kier alpha value is -1.20. The van der Waals surface area contributed by atoms with Crippen molar-refractivity contribution in [3.63, 3.8) is 0 Å². The number of anilines is 1. The highest BCUT2D eigenvalue weighted by atomic mass is 15.3. The predicted molar refractivity (Wildman–Crippen MR) is 113 cm³/mol. The van der Waals surface area contributed by atoms with E-state index in [0.717, 1.165) is 11.6 Å². The third kappa shape index (κ3) is 5.41. The fourth-order valence-electron chi connectivity index (χ4n) is 4.77. The first kappa shape index (κ1) is 20.5. The second kappa shape index (κ2) is 9.83. The number of aryl methyl sites for hydroxylation is 1. The van der Waals surface area contributed by atoms with Crippen LogP contribution in [-0.4, -0.2) is 53.6 Å². The molecule has 1 aliphatic heterocycles. The van der Waals surface area contributed by atoms with Crippen molar-refractivity contribution in [2.45, 2.75) is 90.3 Å². The van der Waals surface area contributed by atoms with Crippen LogP contribution in [0.15, 0.2) is 6.20 Å². The van der Waals surface area contributed by atoms with Crippen molar-refractivity contribution >= 4 is 5.95 Å². The molecule has 1 unspecified atom stereocenters. The predicted octanol–water partition coefficient (Wildman–Crippen LogP) is 4.08. The Kier molecular flexibility index (Phi) is 7.48. The molecular formula is C22H39N5. The lowest BCUT2D eigenvalue weighted by atomic mass is 9.95. The van der Waals surface area contributed by atoms with E-state index in [1.165, 1.54) is 76.6 Å². The molecule has 0 amide bonds. The second-order valence-electron chi connectivity index (χ2n) is 8.62. The number of hydrogen-bond acceptors (Lipinski definition) is 5. The Balaban J connectivity index is 1.56. The Morgan fingerprint density at radius 1 is 1.19 bits per heavy atom. The molecule has 27 heavy (non-hydrogen) atoms. The lowest BCUT2D eigenvalue weighted by molar-refractivity contribution is 0.192. The van der Waals surface area contributed by atoms with Crippen molar-refractivity contribution in [1.29, 1.82) is 0 Å². The van der Waals surface area contributed by atoms with Crippen LogP contribution in [0.4, 0.5) is 5.95 Å². The molecular weight excluding hydrogens is 334 g/mol. The van der Waals surface area contributed by atoms with Crippen molar-refractivity contribution in [3.05, 3.63) is 17.5 Å². The summed E-state index contributed by atoms with van der Waals surface area (Å²) in [4.78, 5) is 14.5. The van der Waals surface area contributed by atoms with Crippen molar-refractivity contribution in [1.82, 2.24) is 20.2 Å². The summed E-state index contributed by atoms with van der Waals surface area (Å²) in [7, 11) is 2.16. The van der Waals surface area contributed by atoms with Crippen LogP contribution in [0.2, 0.25) is 0 Å². The van der Waals surface area contributed by atoms with E-state index in [9.17, 15) is 0 Å². The average molecular weight is 374 g/mol. The molecule has 1 aliphatic carbocycles. The van der Waals surface area contributed by atoms with Gasteiger partial charge in [-0.25, -0.2) is 9.97 Å². The number of nitrogens with zero attached hydrogens (tertiary/aromatic N) is 4. The Morgan fingerprint density at radius 2 is 1.89 bits per heavy atom. The first-order valence-corrected chi connectivity index (χ1v) is 11.1. The number of piperidine rings is 1. The normalized spacial score (nSPS) is 21.3. The molecule has 5 heteroatoms. The molecule has 1 saturated carbocycles. The maximum absolute atomic E-state index is 4.87. The topological polar surface area (TPSA) is 44.3 Å². The molecule has 0 bridgehead atoms.